The van der Waals surface area contributed by atoms with E-state index >= 15 is 0 Å². The molecule has 0 saturated heterocycles. The Morgan fingerprint density at radius 1 is 1.67 bits per heavy atom. The van der Waals surface area contributed by atoms with Crippen LogP contribution in [0.3, 0.4) is 0 Å². The number of alkyl halides is 1. The van der Waals surface area contributed by atoms with Crippen LogP contribution in [-0.4, -0.2) is 4.32 Å². The molecule has 1 rings (SSSR count). The van der Waals surface area contributed by atoms with Gasteiger partial charge in [0.15, 0.2) is 0 Å². The molecule has 0 bridgehead atoms. The van der Waals surface area contributed by atoms with Gasteiger partial charge in [-0.2, -0.15) is 5.26 Å². The van der Waals surface area contributed by atoms with Crippen molar-refractivity contribution in [3.8, 4) is 6.07 Å². The first-order valence-corrected chi connectivity index (χ1v) is 2.66. The summed E-state index contributed by atoms with van der Waals surface area (Å²) < 4.78 is -0.0903. The van der Waals surface area contributed by atoms with Crippen LogP contribution in [0.25, 0.3) is 0 Å². The van der Waals surface area contributed by atoms with Crippen molar-refractivity contribution in [1.82, 2.24) is 0 Å². The largest absolute Gasteiger partial charge is 0.197 e. The lowest BCUT2D eigenvalue weighted by atomic mass is 10.5. The number of halogens is 1. The molecule has 1 aliphatic carbocycles. The Balaban J connectivity index is 2.54. The standard InChI is InChI=1S/C4H4BrN/c5-4(3-6)1-2-4/h1-2H2. The van der Waals surface area contributed by atoms with Crippen LogP contribution in [0.5, 0.6) is 0 Å². The average molecular weight is 146 g/mol. The van der Waals surface area contributed by atoms with E-state index in [1.54, 1.807) is 0 Å². The van der Waals surface area contributed by atoms with Crippen molar-refractivity contribution < 1.29 is 0 Å². The third-order valence-corrected chi connectivity index (χ3v) is 1.86. The third kappa shape index (κ3) is 0.551. The molecule has 0 heterocycles. The first kappa shape index (κ1) is 4.14. The van der Waals surface area contributed by atoms with Gasteiger partial charge in [0.1, 0.15) is 4.32 Å². The van der Waals surface area contributed by atoms with E-state index in [1.807, 2.05) is 0 Å². The molecule has 0 radical (unpaired) electrons. The molecule has 6 heavy (non-hydrogen) atoms. The summed E-state index contributed by atoms with van der Waals surface area (Å²) in [5.41, 5.74) is 0. The summed E-state index contributed by atoms with van der Waals surface area (Å²) in [6, 6.07) is 2.13. The van der Waals surface area contributed by atoms with Crippen LogP contribution < -0.4 is 0 Å². The molecule has 0 unspecified atom stereocenters. The molecule has 1 saturated carbocycles. The Hall–Kier alpha value is -0.0300. The summed E-state index contributed by atoms with van der Waals surface area (Å²) in [4.78, 5) is 0. The van der Waals surface area contributed by atoms with Crippen molar-refractivity contribution in [2.45, 2.75) is 17.2 Å². The Labute approximate surface area is 45.1 Å². The zero-order chi connectivity index (χ0) is 4.62. The van der Waals surface area contributed by atoms with Crippen LogP contribution in [0.15, 0.2) is 0 Å². The maximum atomic E-state index is 8.17. The van der Waals surface area contributed by atoms with Gasteiger partial charge in [0.05, 0.1) is 6.07 Å². The predicted molar refractivity (Wildman–Crippen MR) is 26.5 cm³/mol. The van der Waals surface area contributed by atoms with E-state index in [4.69, 9.17) is 5.26 Å². The molecule has 2 heteroatoms. The zero-order valence-electron chi connectivity index (χ0n) is 3.24. The highest BCUT2D eigenvalue weighted by Crippen LogP contribution is 2.43. The molecule has 0 aliphatic heterocycles. The van der Waals surface area contributed by atoms with Crippen molar-refractivity contribution in [2.24, 2.45) is 0 Å². The lowest BCUT2D eigenvalue weighted by molar-refractivity contribution is 1.22. The smallest absolute Gasteiger partial charge is 0.112 e. The quantitative estimate of drug-likeness (QED) is 0.474. The minimum atomic E-state index is -0.0903. The summed E-state index contributed by atoms with van der Waals surface area (Å²) in [6.07, 6.45) is 2.06. The van der Waals surface area contributed by atoms with E-state index in [9.17, 15) is 0 Å². The monoisotopic (exact) mass is 145 g/mol. The molecule has 0 amide bonds. The normalized spacial score (nSPS) is 25.3. The molecule has 0 aromatic carbocycles. The Morgan fingerprint density at radius 3 is 2.17 bits per heavy atom. The lowest BCUT2D eigenvalue weighted by Gasteiger charge is -1.79. The molecule has 0 N–H and O–H groups in total. The van der Waals surface area contributed by atoms with Gasteiger partial charge in [0.2, 0.25) is 0 Å². The molecular formula is C4H4BrN. The number of nitriles is 1. The second kappa shape index (κ2) is 0.974. The van der Waals surface area contributed by atoms with Crippen LogP contribution in [-0.2, 0) is 0 Å². The van der Waals surface area contributed by atoms with Crippen LogP contribution in [0.1, 0.15) is 12.8 Å². The van der Waals surface area contributed by atoms with Gasteiger partial charge in [0.25, 0.3) is 0 Å². The van der Waals surface area contributed by atoms with Crippen molar-refractivity contribution in [1.29, 1.82) is 5.26 Å². The average Bonchev–Trinajstić information content (AvgIpc) is 2.22. The summed E-state index contributed by atoms with van der Waals surface area (Å²) in [6.45, 7) is 0. The highest BCUT2D eigenvalue weighted by atomic mass is 79.9. The van der Waals surface area contributed by atoms with E-state index in [0.717, 1.165) is 12.8 Å². The number of hydrogen-bond donors (Lipinski definition) is 0. The number of hydrogen-bond acceptors (Lipinski definition) is 1. The van der Waals surface area contributed by atoms with Crippen molar-refractivity contribution in [3.63, 3.8) is 0 Å². The van der Waals surface area contributed by atoms with E-state index in [-0.39, 0.29) is 4.32 Å². The Morgan fingerprint density at radius 2 is 2.17 bits per heavy atom. The SMILES string of the molecule is N#CC1(Br)CC1. The van der Waals surface area contributed by atoms with Gasteiger partial charge in [-0.25, -0.2) is 0 Å². The Kier molecular flexibility index (Phi) is 0.671. The van der Waals surface area contributed by atoms with Crippen molar-refractivity contribution in [2.75, 3.05) is 0 Å². The van der Waals surface area contributed by atoms with Crippen LogP contribution in [0.2, 0.25) is 0 Å². The molecule has 0 aromatic heterocycles. The van der Waals surface area contributed by atoms with Crippen LogP contribution in [0, 0.1) is 11.3 Å². The summed E-state index contributed by atoms with van der Waals surface area (Å²) in [7, 11) is 0. The van der Waals surface area contributed by atoms with E-state index in [1.165, 1.54) is 0 Å². The first-order chi connectivity index (χ1) is 2.77. The van der Waals surface area contributed by atoms with Gasteiger partial charge in [0, 0.05) is 0 Å². The van der Waals surface area contributed by atoms with Gasteiger partial charge < -0.3 is 0 Å². The summed E-state index contributed by atoms with van der Waals surface area (Å²) in [5.74, 6) is 0. The zero-order valence-corrected chi connectivity index (χ0v) is 4.83. The minimum Gasteiger partial charge on any atom is -0.197 e. The second-order valence-corrected chi connectivity index (χ2v) is 3.10. The van der Waals surface area contributed by atoms with E-state index < -0.39 is 0 Å². The molecule has 1 aliphatic rings. The fourth-order valence-electron chi connectivity index (χ4n) is 0.222. The number of nitrogens with zero attached hydrogens (tertiary/aromatic N) is 1. The fraction of sp³-hybridized carbons (Fsp3) is 0.750. The highest BCUT2D eigenvalue weighted by molar-refractivity contribution is 9.10. The first-order valence-electron chi connectivity index (χ1n) is 1.87. The van der Waals surface area contributed by atoms with Gasteiger partial charge >= 0.3 is 0 Å². The molecule has 1 nitrogen and oxygen atoms in total. The van der Waals surface area contributed by atoms with Crippen LogP contribution >= 0.6 is 15.9 Å². The summed E-state index contributed by atoms with van der Waals surface area (Å²) >= 11 is 3.23. The molecule has 32 valence electrons. The molecule has 0 aromatic rings. The highest BCUT2D eigenvalue weighted by Gasteiger charge is 2.39. The van der Waals surface area contributed by atoms with E-state index in [2.05, 4.69) is 22.0 Å². The molecule has 0 atom stereocenters. The molecule has 0 spiro atoms. The minimum absolute atomic E-state index is 0.0903. The maximum Gasteiger partial charge on any atom is 0.112 e. The second-order valence-electron chi connectivity index (χ2n) is 1.58. The third-order valence-electron chi connectivity index (χ3n) is 0.889. The van der Waals surface area contributed by atoms with Gasteiger partial charge in [-0.3, -0.25) is 0 Å². The fourth-order valence-corrected chi connectivity index (χ4v) is 0.420. The van der Waals surface area contributed by atoms with Crippen molar-refractivity contribution in [3.05, 3.63) is 0 Å². The van der Waals surface area contributed by atoms with Gasteiger partial charge in [-0.15, -0.1) is 0 Å². The predicted octanol–water partition coefficient (Wildman–Crippen LogP) is 1.44. The van der Waals surface area contributed by atoms with Crippen LogP contribution in [0.4, 0.5) is 0 Å². The lowest BCUT2D eigenvalue weighted by Crippen LogP contribution is -1.84. The van der Waals surface area contributed by atoms with Gasteiger partial charge in [-0.05, 0) is 12.8 Å². The number of rotatable bonds is 0. The summed E-state index contributed by atoms with van der Waals surface area (Å²) in [5, 5.41) is 8.17. The van der Waals surface area contributed by atoms with E-state index in [0.29, 0.717) is 0 Å². The topological polar surface area (TPSA) is 23.8 Å². The maximum absolute atomic E-state index is 8.17. The molecular weight excluding hydrogens is 142 g/mol. The van der Waals surface area contributed by atoms with Gasteiger partial charge in [-0.1, -0.05) is 15.9 Å². The molecule has 1 fully saturated rings. The van der Waals surface area contributed by atoms with Crippen molar-refractivity contribution >= 4 is 15.9 Å². The Bertz CT molecular complexity index is 98.6.